The van der Waals surface area contributed by atoms with E-state index in [4.69, 9.17) is 11.5 Å². The maximum atomic E-state index is 4.90. The molecule has 0 spiro atoms. The first-order valence-electron chi connectivity index (χ1n) is 1.32. The van der Waals surface area contributed by atoms with Gasteiger partial charge in [0.15, 0.2) is 0 Å². The van der Waals surface area contributed by atoms with Crippen molar-refractivity contribution in [2.45, 2.75) is 0 Å². The summed E-state index contributed by atoms with van der Waals surface area (Å²) in [5.74, 6) is 0. The standard InChI is InChI=1S/C2H8N2.Pb/c3-1-2-4;/h1-4H2;. The van der Waals surface area contributed by atoms with Gasteiger partial charge in [0.25, 0.3) is 0 Å². The van der Waals surface area contributed by atoms with Crippen LogP contribution in [0.3, 0.4) is 0 Å². The van der Waals surface area contributed by atoms with Crippen LogP contribution in [0.1, 0.15) is 0 Å². The van der Waals surface area contributed by atoms with E-state index in [1.54, 1.807) is 0 Å². The Morgan fingerprint density at radius 3 is 1.20 bits per heavy atom. The zero-order chi connectivity index (χ0) is 3.41. The fraction of sp³-hybridized carbons (Fsp3) is 1.00. The van der Waals surface area contributed by atoms with Crippen molar-refractivity contribution in [2.75, 3.05) is 13.1 Å². The molecule has 0 bridgehead atoms. The summed E-state index contributed by atoms with van der Waals surface area (Å²) >= 11 is 0. The Morgan fingerprint density at radius 2 is 1.20 bits per heavy atom. The van der Waals surface area contributed by atoms with Crippen LogP contribution in [-0.2, 0) is 0 Å². The molecule has 0 aliphatic heterocycles. The summed E-state index contributed by atoms with van der Waals surface area (Å²) in [5.41, 5.74) is 9.81. The number of hydrogen-bond donors (Lipinski definition) is 2. The van der Waals surface area contributed by atoms with Crippen molar-refractivity contribution in [3.8, 4) is 0 Å². The minimum atomic E-state index is 0. The zero-order valence-electron chi connectivity index (χ0n) is 3.07. The first-order chi connectivity index (χ1) is 1.91. The topological polar surface area (TPSA) is 52.0 Å². The Balaban J connectivity index is 0. The molecule has 0 aliphatic rings. The molecular weight excluding hydrogens is 259 g/mol. The predicted octanol–water partition coefficient (Wildman–Crippen LogP) is -1.48. The van der Waals surface area contributed by atoms with E-state index in [1.807, 2.05) is 0 Å². The first kappa shape index (κ1) is 9.28. The van der Waals surface area contributed by atoms with Gasteiger partial charge in [0.1, 0.15) is 0 Å². The molecule has 0 saturated heterocycles. The van der Waals surface area contributed by atoms with Crippen LogP contribution in [0, 0.1) is 0 Å². The zero-order valence-corrected chi connectivity index (χ0v) is 6.96. The van der Waals surface area contributed by atoms with E-state index in [0.29, 0.717) is 13.1 Å². The molecule has 0 atom stereocenters. The minimum absolute atomic E-state index is 0. The minimum Gasteiger partial charge on any atom is -0.329 e. The average Bonchev–Trinajstić information content (AvgIpc) is 1.37. The van der Waals surface area contributed by atoms with Crippen molar-refractivity contribution in [1.82, 2.24) is 0 Å². The SMILES string of the molecule is NCCN.[Pb]. The second kappa shape index (κ2) is 8.85. The molecule has 4 radical (unpaired) electrons. The summed E-state index contributed by atoms with van der Waals surface area (Å²) < 4.78 is 0. The number of nitrogens with two attached hydrogens (primary N) is 2. The summed E-state index contributed by atoms with van der Waals surface area (Å²) in [6.07, 6.45) is 0. The van der Waals surface area contributed by atoms with Gasteiger partial charge >= 0.3 is 0 Å². The van der Waals surface area contributed by atoms with Crippen LogP contribution in [0.2, 0.25) is 0 Å². The quantitative estimate of drug-likeness (QED) is 0.570. The Labute approximate surface area is 52.1 Å². The Hall–Kier alpha value is 0.842. The van der Waals surface area contributed by atoms with Crippen molar-refractivity contribution in [3.05, 3.63) is 0 Å². The first-order valence-corrected chi connectivity index (χ1v) is 1.32. The maximum absolute atomic E-state index is 4.90. The Bertz CT molecular complexity index is 9.61. The molecule has 0 amide bonds. The van der Waals surface area contributed by atoms with Crippen LogP contribution in [0.5, 0.6) is 0 Å². The van der Waals surface area contributed by atoms with Crippen LogP contribution in [0.15, 0.2) is 0 Å². The van der Waals surface area contributed by atoms with Gasteiger partial charge in [-0.1, -0.05) is 0 Å². The molecule has 0 aromatic carbocycles. The van der Waals surface area contributed by atoms with E-state index < -0.39 is 0 Å². The van der Waals surface area contributed by atoms with E-state index in [-0.39, 0.29) is 27.3 Å². The molecule has 0 saturated carbocycles. The van der Waals surface area contributed by atoms with E-state index in [1.165, 1.54) is 0 Å². The number of hydrogen-bond acceptors (Lipinski definition) is 2. The smallest absolute Gasteiger partial charge is 0.00461 e. The van der Waals surface area contributed by atoms with Crippen molar-refractivity contribution in [3.63, 3.8) is 0 Å². The predicted molar refractivity (Wildman–Crippen MR) is 23.9 cm³/mol. The van der Waals surface area contributed by atoms with Gasteiger partial charge in [0.05, 0.1) is 0 Å². The molecule has 30 valence electrons. The van der Waals surface area contributed by atoms with Crippen molar-refractivity contribution in [1.29, 1.82) is 0 Å². The van der Waals surface area contributed by atoms with Crippen LogP contribution in [0.25, 0.3) is 0 Å². The fourth-order valence-corrected chi connectivity index (χ4v) is 0. The monoisotopic (exact) mass is 268 g/mol. The van der Waals surface area contributed by atoms with Crippen molar-refractivity contribution in [2.24, 2.45) is 11.5 Å². The van der Waals surface area contributed by atoms with Gasteiger partial charge in [-0.2, -0.15) is 0 Å². The van der Waals surface area contributed by atoms with Gasteiger partial charge in [-0.05, 0) is 0 Å². The van der Waals surface area contributed by atoms with Crippen molar-refractivity contribution >= 4 is 27.3 Å². The molecule has 2 nitrogen and oxygen atoms in total. The molecule has 3 heteroatoms. The summed E-state index contributed by atoms with van der Waals surface area (Å²) in [6.45, 7) is 1.19. The molecule has 0 heterocycles. The van der Waals surface area contributed by atoms with E-state index >= 15 is 0 Å². The second-order valence-electron chi connectivity index (χ2n) is 0.577. The number of rotatable bonds is 1. The third-order valence-electron chi connectivity index (χ3n) is 0.167. The normalized spacial score (nSPS) is 6.00. The Morgan fingerprint density at radius 1 is 1.00 bits per heavy atom. The maximum Gasteiger partial charge on any atom is 0.00461 e. The second-order valence-corrected chi connectivity index (χ2v) is 0.577. The molecule has 0 aromatic heterocycles. The van der Waals surface area contributed by atoms with Gasteiger partial charge in [-0.25, -0.2) is 0 Å². The Kier molecular flexibility index (Phi) is 16.4. The van der Waals surface area contributed by atoms with Crippen molar-refractivity contribution < 1.29 is 0 Å². The van der Waals surface area contributed by atoms with Gasteiger partial charge in [0.2, 0.25) is 0 Å². The summed E-state index contributed by atoms with van der Waals surface area (Å²) in [7, 11) is 0. The van der Waals surface area contributed by atoms with E-state index in [0.717, 1.165) is 0 Å². The largest absolute Gasteiger partial charge is 0.329 e. The van der Waals surface area contributed by atoms with Gasteiger partial charge in [0, 0.05) is 40.4 Å². The summed E-state index contributed by atoms with van der Waals surface area (Å²) in [5, 5.41) is 0. The van der Waals surface area contributed by atoms with Crippen LogP contribution < -0.4 is 11.5 Å². The van der Waals surface area contributed by atoms with E-state index in [9.17, 15) is 0 Å². The molecule has 0 unspecified atom stereocenters. The molecule has 4 N–H and O–H groups in total. The molecule has 0 aliphatic carbocycles. The van der Waals surface area contributed by atoms with Gasteiger partial charge < -0.3 is 11.5 Å². The summed E-state index contributed by atoms with van der Waals surface area (Å²) in [4.78, 5) is 0. The van der Waals surface area contributed by atoms with E-state index in [2.05, 4.69) is 0 Å². The van der Waals surface area contributed by atoms with Gasteiger partial charge in [-0.15, -0.1) is 0 Å². The molecule has 0 rings (SSSR count). The molecule has 5 heavy (non-hydrogen) atoms. The third-order valence-corrected chi connectivity index (χ3v) is 0.167. The van der Waals surface area contributed by atoms with Crippen LogP contribution in [0.4, 0.5) is 0 Å². The third kappa shape index (κ3) is 11.5. The van der Waals surface area contributed by atoms with Gasteiger partial charge in [-0.3, -0.25) is 0 Å². The molecule has 0 aromatic rings. The summed E-state index contributed by atoms with van der Waals surface area (Å²) in [6, 6.07) is 0. The van der Waals surface area contributed by atoms with Crippen LogP contribution >= 0.6 is 0 Å². The average molecular weight is 267 g/mol. The van der Waals surface area contributed by atoms with Crippen LogP contribution in [-0.4, -0.2) is 40.4 Å². The molecular formula is C2H8N2Pb. The molecule has 0 fully saturated rings. The fourth-order valence-electron chi connectivity index (χ4n) is 0.